The lowest BCUT2D eigenvalue weighted by molar-refractivity contribution is 0.631. The molecule has 0 atom stereocenters. The standard InChI is InChI=1S/C15H14FN3/c1-10-2-4-13(16)15(8-10)19-12-3-5-14(18)11(9-12)6-7-17/h2-5,8-9,19H,6,18H2,1H3. The van der Waals surface area contributed by atoms with Crippen LogP contribution in [0.1, 0.15) is 11.1 Å². The molecule has 2 aromatic rings. The van der Waals surface area contributed by atoms with Crippen LogP contribution in [0.15, 0.2) is 36.4 Å². The number of nitrogens with two attached hydrogens (primary N) is 1. The van der Waals surface area contributed by atoms with Crippen LogP contribution >= 0.6 is 0 Å². The molecule has 0 saturated carbocycles. The SMILES string of the molecule is Cc1ccc(F)c(Nc2ccc(N)c(CC#N)c2)c1. The Morgan fingerprint density at radius 3 is 2.79 bits per heavy atom. The van der Waals surface area contributed by atoms with Crippen molar-refractivity contribution in [3.63, 3.8) is 0 Å². The van der Waals surface area contributed by atoms with Crippen LogP contribution in [-0.2, 0) is 6.42 Å². The highest BCUT2D eigenvalue weighted by atomic mass is 19.1. The first-order chi connectivity index (χ1) is 9.10. The molecule has 0 heterocycles. The van der Waals surface area contributed by atoms with E-state index in [2.05, 4.69) is 11.4 Å². The van der Waals surface area contributed by atoms with Crippen molar-refractivity contribution in [1.82, 2.24) is 0 Å². The van der Waals surface area contributed by atoms with Crippen molar-refractivity contribution in [3.05, 3.63) is 53.3 Å². The Hall–Kier alpha value is -2.54. The molecule has 0 unspecified atom stereocenters. The number of rotatable bonds is 3. The van der Waals surface area contributed by atoms with E-state index in [4.69, 9.17) is 11.0 Å². The van der Waals surface area contributed by atoms with E-state index in [-0.39, 0.29) is 12.2 Å². The smallest absolute Gasteiger partial charge is 0.146 e. The third-order valence-corrected chi connectivity index (χ3v) is 2.81. The van der Waals surface area contributed by atoms with Crippen LogP contribution in [0, 0.1) is 24.1 Å². The summed E-state index contributed by atoms with van der Waals surface area (Å²) in [5, 5.41) is 11.7. The average molecular weight is 255 g/mol. The molecular weight excluding hydrogens is 241 g/mol. The van der Waals surface area contributed by atoms with Gasteiger partial charge in [-0.25, -0.2) is 4.39 Å². The van der Waals surface area contributed by atoms with Gasteiger partial charge in [0, 0.05) is 11.4 Å². The second-order valence-corrected chi connectivity index (χ2v) is 4.36. The van der Waals surface area contributed by atoms with Crippen molar-refractivity contribution >= 4 is 17.1 Å². The molecule has 0 radical (unpaired) electrons. The summed E-state index contributed by atoms with van der Waals surface area (Å²) in [7, 11) is 0. The Bertz CT molecular complexity index is 644. The summed E-state index contributed by atoms with van der Waals surface area (Å²) in [5.74, 6) is -0.316. The molecule has 0 aliphatic carbocycles. The molecule has 0 saturated heterocycles. The van der Waals surface area contributed by atoms with E-state index in [1.807, 2.05) is 6.92 Å². The highest BCUT2D eigenvalue weighted by Crippen LogP contribution is 2.24. The van der Waals surface area contributed by atoms with Gasteiger partial charge in [-0.05, 0) is 48.4 Å². The number of hydrogen-bond donors (Lipinski definition) is 2. The lowest BCUT2D eigenvalue weighted by Crippen LogP contribution is -1.98. The summed E-state index contributed by atoms with van der Waals surface area (Å²) < 4.78 is 13.6. The van der Waals surface area contributed by atoms with Gasteiger partial charge in [-0.2, -0.15) is 5.26 Å². The van der Waals surface area contributed by atoms with Gasteiger partial charge in [-0.3, -0.25) is 0 Å². The second-order valence-electron chi connectivity index (χ2n) is 4.36. The van der Waals surface area contributed by atoms with Gasteiger partial charge in [0.05, 0.1) is 18.2 Å². The van der Waals surface area contributed by atoms with Gasteiger partial charge in [0.25, 0.3) is 0 Å². The topological polar surface area (TPSA) is 61.8 Å². The summed E-state index contributed by atoms with van der Waals surface area (Å²) in [5.41, 5.74) is 9.16. The summed E-state index contributed by atoms with van der Waals surface area (Å²) >= 11 is 0. The molecule has 4 heteroatoms. The second kappa shape index (κ2) is 5.40. The monoisotopic (exact) mass is 255 g/mol. The van der Waals surface area contributed by atoms with Crippen molar-refractivity contribution in [2.24, 2.45) is 0 Å². The fourth-order valence-electron chi connectivity index (χ4n) is 1.81. The Kier molecular flexibility index (Phi) is 3.67. The third-order valence-electron chi connectivity index (χ3n) is 2.81. The predicted molar refractivity (Wildman–Crippen MR) is 74.6 cm³/mol. The normalized spacial score (nSPS) is 9.95. The molecule has 3 N–H and O–H groups in total. The van der Waals surface area contributed by atoms with Gasteiger partial charge in [0.15, 0.2) is 0 Å². The van der Waals surface area contributed by atoms with E-state index in [0.29, 0.717) is 17.1 Å². The maximum absolute atomic E-state index is 13.6. The Balaban J connectivity index is 2.31. The first-order valence-electron chi connectivity index (χ1n) is 5.88. The van der Waals surface area contributed by atoms with E-state index < -0.39 is 0 Å². The number of halogens is 1. The number of anilines is 3. The number of nitrogen functional groups attached to an aromatic ring is 1. The van der Waals surface area contributed by atoms with Crippen LogP contribution in [0.5, 0.6) is 0 Å². The highest BCUT2D eigenvalue weighted by molar-refractivity contribution is 5.65. The first-order valence-corrected chi connectivity index (χ1v) is 5.88. The van der Waals surface area contributed by atoms with Crippen molar-refractivity contribution in [2.45, 2.75) is 13.3 Å². The molecule has 19 heavy (non-hydrogen) atoms. The minimum atomic E-state index is -0.316. The summed E-state index contributed by atoms with van der Waals surface area (Å²) in [6.07, 6.45) is 0.234. The lowest BCUT2D eigenvalue weighted by Gasteiger charge is -2.10. The fourth-order valence-corrected chi connectivity index (χ4v) is 1.81. The van der Waals surface area contributed by atoms with Crippen molar-refractivity contribution in [1.29, 1.82) is 5.26 Å². The van der Waals surface area contributed by atoms with Crippen LogP contribution in [-0.4, -0.2) is 0 Å². The molecule has 96 valence electrons. The van der Waals surface area contributed by atoms with E-state index in [0.717, 1.165) is 11.1 Å². The summed E-state index contributed by atoms with van der Waals surface area (Å²) in [6, 6.07) is 12.2. The van der Waals surface area contributed by atoms with E-state index in [9.17, 15) is 4.39 Å². The van der Waals surface area contributed by atoms with Gasteiger partial charge in [0.2, 0.25) is 0 Å². The van der Waals surface area contributed by atoms with Crippen molar-refractivity contribution in [3.8, 4) is 6.07 Å². The zero-order chi connectivity index (χ0) is 13.8. The minimum absolute atomic E-state index is 0.234. The summed E-state index contributed by atoms with van der Waals surface area (Å²) in [6.45, 7) is 1.90. The number of aryl methyl sites for hydroxylation is 1. The maximum Gasteiger partial charge on any atom is 0.146 e. The lowest BCUT2D eigenvalue weighted by atomic mass is 10.1. The van der Waals surface area contributed by atoms with E-state index in [1.165, 1.54) is 6.07 Å². The molecule has 0 amide bonds. The number of hydrogen-bond acceptors (Lipinski definition) is 3. The van der Waals surface area contributed by atoms with Crippen LogP contribution in [0.2, 0.25) is 0 Å². The molecule has 0 bridgehead atoms. The number of nitriles is 1. The highest BCUT2D eigenvalue weighted by Gasteiger charge is 2.05. The minimum Gasteiger partial charge on any atom is -0.398 e. The van der Waals surface area contributed by atoms with Crippen LogP contribution in [0.25, 0.3) is 0 Å². The molecule has 0 spiro atoms. The molecule has 0 aliphatic rings. The van der Waals surface area contributed by atoms with Crippen molar-refractivity contribution < 1.29 is 4.39 Å². The van der Waals surface area contributed by atoms with Crippen LogP contribution in [0.4, 0.5) is 21.5 Å². The number of nitrogens with zero attached hydrogens (tertiary/aromatic N) is 1. The number of benzene rings is 2. The van der Waals surface area contributed by atoms with Gasteiger partial charge in [0.1, 0.15) is 5.82 Å². The first kappa shape index (κ1) is 12.9. The average Bonchev–Trinajstić information content (AvgIpc) is 2.38. The van der Waals surface area contributed by atoms with Gasteiger partial charge in [-0.1, -0.05) is 6.07 Å². The molecular formula is C15H14FN3. The van der Waals surface area contributed by atoms with Gasteiger partial charge >= 0.3 is 0 Å². The van der Waals surface area contributed by atoms with E-state index >= 15 is 0 Å². The van der Waals surface area contributed by atoms with Gasteiger partial charge < -0.3 is 11.1 Å². The zero-order valence-corrected chi connectivity index (χ0v) is 10.6. The Morgan fingerprint density at radius 2 is 2.05 bits per heavy atom. The number of nitrogens with one attached hydrogen (secondary N) is 1. The molecule has 2 aromatic carbocycles. The summed E-state index contributed by atoms with van der Waals surface area (Å²) in [4.78, 5) is 0. The molecule has 3 nitrogen and oxygen atoms in total. The predicted octanol–water partition coefficient (Wildman–Crippen LogP) is 3.53. The Morgan fingerprint density at radius 1 is 1.26 bits per heavy atom. The van der Waals surface area contributed by atoms with Crippen LogP contribution in [0.3, 0.4) is 0 Å². The third kappa shape index (κ3) is 3.02. The zero-order valence-electron chi connectivity index (χ0n) is 10.6. The Labute approximate surface area is 111 Å². The molecule has 0 aliphatic heterocycles. The fraction of sp³-hybridized carbons (Fsp3) is 0.133. The van der Waals surface area contributed by atoms with Crippen LogP contribution < -0.4 is 11.1 Å². The van der Waals surface area contributed by atoms with Gasteiger partial charge in [-0.15, -0.1) is 0 Å². The molecule has 0 fully saturated rings. The largest absolute Gasteiger partial charge is 0.398 e. The quantitative estimate of drug-likeness (QED) is 0.825. The molecule has 2 rings (SSSR count). The maximum atomic E-state index is 13.6. The van der Waals surface area contributed by atoms with Crippen molar-refractivity contribution in [2.75, 3.05) is 11.1 Å². The molecule has 0 aromatic heterocycles. The van der Waals surface area contributed by atoms with E-state index in [1.54, 1.807) is 30.3 Å².